The minimum atomic E-state index is -0.249. The minimum absolute atomic E-state index is 0.249. The first-order valence-electron chi connectivity index (χ1n) is 10.3. The molecular formula is C27H25FN2O. The Morgan fingerprint density at radius 3 is 2.35 bits per heavy atom. The summed E-state index contributed by atoms with van der Waals surface area (Å²) in [5.41, 5.74) is 8.07. The predicted molar refractivity (Wildman–Crippen MR) is 124 cm³/mol. The third kappa shape index (κ3) is 4.58. The predicted octanol–water partition coefficient (Wildman–Crippen LogP) is 6.84. The monoisotopic (exact) mass is 412 g/mol. The van der Waals surface area contributed by atoms with E-state index in [1.54, 1.807) is 12.1 Å². The summed E-state index contributed by atoms with van der Waals surface area (Å²) in [4.78, 5) is 5.65. The fourth-order valence-corrected chi connectivity index (χ4v) is 3.77. The van der Waals surface area contributed by atoms with Gasteiger partial charge in [0, 0.05) is 16.9 Å². The van der Waals surface area contributed by atoms with E-state index in [0.29, 0.717) is 6.61 Å². The number of hydrogen-bond donors (Lipinski definition) is 0. The number of rotatable bonds is 6. The number of halogens is 1. The molecule has 0 aliphatic heterocycles. The van der Waals surface area contributed by atoms with Gasteiger partial charge in [-0.3, -0.25) is 0 Å². The lowest BCUT2D eigenvalue weighted by Crippen LogP contribution is -2.02. The van der Waals surface area contributed by atoms with Crippen LogP contribution in [0.4, 0.5) is 4.39 Å². The van der Waals surface area contributed by atoms with Crippen molar-refractivity contribution in [3.63, 3.8) is 0 Å². The fourth-order valence-electron chi connectivity index (χ4n) is 3.77. The lowest BCUT2D eigenvalue weighted by molar-refractivity contribution is 0.130. The topological polar surface area (TPSA) is 26.5 Å². The zero-order valence-electron chi connectivity index (χ0n) is 18.0. The maximum atomic E-state index is 13.5. The summed E-state index contributed by atoms with van der Waals surface area (Å²) in [5, 5.41) is 4.38. The Bertz CT molecular complexity index is 1210. The average molecular weight is 413 g/mol. The van der Waals surface area contributed by atoms with Crippen LogP contribution in [-0.4, -0.2) is 10.3 Å². The second-order valence-corrected chi connectivity index (χ2v) is 7.65. The van der Waals surface area contributed by atoms with Crippen LogP contribution in [0.25, 0.3) is 16.9 Å². The quantitative estimate of drug-likeness (QED) is 0.251. The van der Waals surface area contributed by atoms with Crippen molar-refractivity contribution < 1.29 is 9.23 Å². The smallest absolute Gasteiger partial charge is 0.142 e. The third-order valence-electron chi connectivity index (χ3n) is 5.31. The van der Waals surface area contributed by atoms with Gasteiger partial charge in [0.25, 0.3) is 0 Å². The van der Waals surface area contributed by atoms with Crippen molar-refractivity contribution in [3.8, 4) is 16.9 Å². The Labute approximate surface area is 182 Å². The molecule has 0 saturated carbocycles. The summed E-state index contributed by atoms with van der Waals surface area (Å²) in [6.07, 6.45) is 0. The molecule has 0 atom stereocenters. The highest BCUT2D eigenvalue weighted by atomic mass is 19.1. The largest absolute Gasteiger partial charge is 0.391 e. The second kappa shape index (κ2) is 9.00. The van der Waals surface area contributed by atoms with E-state index in [-0.39, 0.29) is 5.82 Å². The van der Waals surface area contributed by atoms with Gasteiger partial charge in [0.1, 0.15) is 12.4 Å². The van der Waals surface area contributed by atoms with Crippen molar-refractivity contribution in [2.24, 2.45) is 5.16 Å². The summed E-state index contributed by atoms with van der Waals surface area (Å²) in [7, 11) is 0. The van der Waals surface area contributed by atoms with Gasteiger partial charge in [0.05, 0.1) is 11.4 Å². The lowest BCUT2D eigenvalue weighted by Gasteiger charge is -2.12. The van der Waals surface area contributed by atoms with Crippen molar-refractivity contribution >= 4 is 5.71 Å². The zero-order valence-corrected chi connectivity index (χ0v) is 18.0. The molecule has 4 heteroatoms. The van der Waals surface area contributed by atoms with Gasteiger partial charge in [0.15, 0.2) is 0 Å². The molecule has 3 aromatic carbocycles. The first-order valence-corrected chi connectivity index (χ1v) is 10.3. The summed E-state index contributed by atoms with van der Waals surface area (Å²) < 4.78 is 15.7. The lowest BCUT2D eigenvalue weighted by atomic mass is 10.1. The van der Waals surface area contributed by atoms with Gasteiger partial charge < -0.3 is 9.40 Å². The summed E-state index contributed by atoms with van der Waals surface area (Å²) in [5.74, 6) is -0.249. The second-order valence-electron chi connectivity index (χ2n) is 7.65. The van der Waals surface area contributed by atoms with Crippen LogP contribution in [0.2, 0.25) is 0 Å². The van der Waals surface area contributed by atoms with Crippen LogP contribution >= 0.6 is 0 Å². The average Bonchev–Trinajstić information content (AvgIpc) is 3.12. The molecule has 1 heterocycles. The molecule has 0 fully saturated rings. The van der Waals surface area contributed by atoms with Crippen LogP contribution in [0, 0.1) is 19.7 Å². The Morgan fingerprint density at radius 2 is 1.65 bits per heavy atom. The number of para-hydroxylation sites is 1. The van der Waals surface area contributed by atoms with Crippen LogP contribution in [0.3, 0.4) is 0 Å². The van der Waals surface area contributed by atoms with Crippen LogP contribution in [-0.2, 0) is 11.4 Å². The van der Waals surface area contributed by atoms with E-state index in [9.17, 15) is 4.39 Å². The highest BCUT2D eigenvalue weighted by Crippen LogP contribution is 2.30. The molecule has 0 spiro atoms. The van der Waals surface area contributed by atoms with Gasteiger partial charge in [0.2, 0.25) is 0 Å². The fraction of sp³-hybridized carbons (Fsp3) is 0.148. The molecular weight excluding hydrogens is 387 g/mol. The van der Waals surface area contributed by atoms with Gasteiger partial charge in [-0.25, -0.2) is 4.39 Å². The van der Waals surface area contributed by atoms with Crippen molar-refractivity contribution in [2.75, 3.05) is 0 Å². The summed E-state index contributed by atoms with van der Waals surface area (Å²) >= 11 is 0. The number of oxime groups is 1. The molecule has 31 heavy (non-hydrogen) atoms. The molecule has 4 aromatic rings. The van der Waals surface area contributed by atoms with Crippen molar-refractivity contribution in [1.29, 1.82) is 0 Å². The molecule has 4 rings (SSSR count). The van der Waals surface area contributed by atoms with E-state index >= 15 is 0 Å². The van der Waals surface area contributed by atoms with E-state index < -0.39 is 0 Å². The molecule has 0 aliphatic rings. The third-order valence-corrected chi connectivity index (χ3v) is 5.31. The molecule has 0 saturated heterocycles. The van der Waals surface area contributed by atoms with Crippen LogP contribution in [0.5, 0.6) is 0 Å². The zero-order chi connectivity index (χ0) is 21.8. The van der Waals surface area contributed by atoms with Crippen LogP contribution in [0.15, 0.2) is 90.1 Å². The molecule has 0 N–H and O–H groups in total. The number of nitrogens with zero attached hydrogens (tertiary/aromatic N) is 2. The molecule has 0 amide bonds. The molecule has 0 bridgehead atoms. The van der Waals surface area contributed by atoms with Crippen molar-refractivity contribution in [2.45, 2.75) is 27.4 Å². The van der Waals surface area contributed by atoms with Crippen LogP contribution in [0.1, 0.15) is 29.3 Å². The Hall–Kier alpha value is -3.66. The molecule has 0 unspecified atom stereocenters. The number of benzene rings is 3. The van der Waals surface area contributed by atoms with Crippen molar-refractivity contribution in [1.82, 2.24) is 4.57 Å². The van der Waals surface area contributed by atoms with E-state index in [1.807, 2.05) is 37.3 Å². The Morgan fingerprint density at radius 1 is 0.903 bits per heavy atom. The van der Waals surface area contributed by atoms with E-state index in [1.165, 1.54) is 17.7 Å². The molecule has 156 valence electrons. The van der Waals surface area contributed by atoms with Crippen LogP contribution < -0.4 is 0 Å². The first kappa shape index (κ1) is 20.6. The molecule has 0 radical (unpaired) electrons. The number of aryl methyl sites for hydroxylation is 1. The summed E-state index contributed by atoms with van der Waals surface area (Å²) in [6.45, 7) is 6.49. The molecule has 3 nitrogen and oxygen atoms in total. The summed E-state index contributed by atoms with van der Waals surface area (Å²) in [6, 6.07) is 27.0. The van der Waals surface area contributed by atoms with Crippen molar-refractivity contribution in [3.05, 3.63) is 113 Å². The molecule has 1 aromatic heterocycles. The Balaban J connectivity index is 1.70. The highest BCUT2D eigenvalue weighted by molar-refractivity contribution is 6.01. The van der Waals surface area contributed by atoms with E-state index in [2.05, 4.69) is 53.9 Å². The van der Waals surface area contributed by atoms with Gasteiger partial charge in [-0.05, 0) is 74.4 Å². The van der Waals surface area contributed by atoms with Gasteiger partial charge in [-0.2, -0.15) is 0 Å². The highest BCUT2D eigenvalue weighted by Gasteiger charge is 2.17. The van der Waals surface area contributed by atoms with Gasteiger partial charge >= 0.3 is 0 Å². The number of aromatic nitrogens is 1. The Kier molecular flexibility index (Phi) is 5.99. The first-order chi connectivity index (χ1) is 15.0. The number of hydrogen-bond acceptors (Lipinski definition) is 2. The normalized spacial score (nSPS) is 11.5. The van der Waals surface area contributed by atoms with E-state index in [0.717, 1.165) is 39.5 Å². The van der Waals surface area contributed by atoms with E-state index in [4.69, 9.17) is 4.84 Å². The maximum absolute atomic E-state index is 13.5. The maximum Gasteiger partial charge on any atom is 0.142 e. The molecule has 0 aliphatic carbocycles. The van der Waals surface area contributed by atoms with Gasteiger partial charge in [-0.1, -0.05) is 53.2 Å². The standard InChI is InChI=1S/C27H25FN2O/c1-19-8-7-9-22(16-19)18-31-29-20(2)26-17-27(23-12-14-24(28)15-13-23)30(21(26)3)25-10-5-4-6-11-25/h4-17H,18H2,1-3H3. The van der Waals surface area contributed by atoms with Gasteiger partial charge in [-0.15, -0.1) is 0 Å². The minimum Gasteiger partial charge on any atom is -0.391 e. The SMILES string of the molecule is CC(=NOCc1cccc(C)c1)c1cc(-c2ccc(F)cc2)n(-c2ccccc2)c1C.